The van der Waals surface area contributed by atoms with Crippen LogP contribution in [0, 0.1) is 6.92 Å². The molecule has 3 N–H and O–H groups in total. The number of carbonyl (C=O) groups excluding carboxylic acids is 2. The van der Waals surface area contributed by atoms with Crippen molar-refractivity contribution in [2.75, 3.05) is 10.6 Å². The molecule has 1 atom stereocenters. The predicted octanol–water partition coefficient (Wildman–Crippen LogP) is 4.59. The molecule has 1 aliphatic heterocycles. The number of aryl methyl sites for hydroxylation is 1. The Balaban J connectivity index is 1.66. The van der Waals surface area contributed by atoms with E-state index >= 15 is 0 Å². The summed E-state index contributed by atoms with van der Waals surface area (Å²) >= 11 is 6.19. The molecule has 0 aromatic heterocycles. The molecule has 0 spiro atoms. The van der Waals surface area contributed by atoms with Gasteiger partial charge in [-0.25, -0.2) is 9.79 Å². The van der Waals surface area contributed by atoms with E-state index in [1.54, 1.807) is 18.2 Å². The van der Waals surface area contributed by atoms with Gasteiger partial charge in [0.05, 0.1) is 22.1 Å². The van der Waals surface area contributed by atoms with E-state index < -0.39 is 18.1 Å². The number of hydrogen-bond donors (Lipinski definition) is 3. The van der Waals surface area contributed by atoms with Gasteiger partial charge in [-0.3, -0.25) is 4.79 Å². The smallest absolute Gasteiger partial charge is 0.321 e. The number of benzene rings is 3. The Kier molecular flexibility index (Phi) is 5.50. The number of aliphatic imine (C=N–C) groups is 1. The van der Waals surface area contributed by atoms with Gasteiger partial charge in [0.15, 0.2) is 0 Å². The van der Waals surface area contributed by atoms with Crippen LogP contribution in [0.25, 0.3) is 0 Å². The number of carbonyl (C=O) groups is 2. The Morgan fingerprint density at radius 3 is 2.50 bits per heavy atom. The maximum Gasteiger partial charge on any atom is 0.321 e. The van der Waals surface area contributed by atoms with Gasteiger partial charge in [-0.15, -0.1) is 0 Å². The summed E-state index contributed by atoms with van der Waals surface area (Å²) in [6.45, 7) is 1.84. The average Bonchev–Trinajstić information content (AvgIpc) is 2.88. The summed E-state index contributed by atoms with van der Waals surface area (Å²) in [7, 11) is 0. The van der Waals surface area contributed by atoms with Crippen molar-refractivity contribution >= 4 is 40.6 Å². The monoisotopic (exact) mass is 418 g/mol. The SMILES string of the molecule is Cc1cccc(Cl)c1NC(=O)NC1N=C(c2ccccc2)c2ccccc2NC1=O. The molecule has 0 saturated carbocycles. The highest BCUT2D eigenvalue weighted by molar-refractivity contribution is 6.34. The summed E-state index contributed by atoms with van der Waals surface area (Å²) < 4.78 is 0. The van der Waals surface area contributed by atoms with Crippen LogP contribution in [0.5, 0.6) is 0 Å². The number of nitrogens with one attached hydrogen (secondary N) is 3. The first-order valence-electron chi connectivity index (χ1n) is 9.39. The molecule has 4 rings (SSSR count). The number of halogens is 1. The Morgan fingerprint density at radius 2 is 1.73 bits per heavy atom. The first kappa shape index (κ1) is 19.7. The van der Waals surface area contributed by atoms with Crippen molar-refractivity contribution in [2.24, 2.45) is 4.99 Å². The topological polar surface area (TPSA) is 82.6 Å². The van der Waals surface area contributed by atoms with Crippen LogP contribution in [0.2, 0.25) is 5.02 Å². The normalized spacial score (nSPS) is 15.3. The number of para-hydroxylation sites is 2. The van der Waals surface area contributed by atoms with Crippen LogP contribution in [-0.2, 0) is 4.79 Å². The van der Waals surface area contributed by atoms with E-state index in [1.165, 1.54) is 0 Å². The van der Waals surface area contributed by atoms with Gasteiger partial charge in [0.2, 0.25) is 6.17 Å². The second-order valence-electron chi connectivity index (χ2n) is 6.81. The minimum Gasteiger partial charge on any atom is -0.322 e. The van der Waals surface area contributed by atoms with E-state index in [0.29, 0.717) is 22.1 Å². The number of urea groups is 1. The summed E-state index contributed by atoms with van der Waals surface area (Å²) in [6.07, 6.45) is -1.12. The standard InChI is InChI=1S/C23H19ClN4O2/c1-14-8-7-12-17(24)19(14)27-23(30)28-21-22(29)25-18-13-6-5-11-16(18)20(26-21)15-9-3-2-4-10-15/h2-13,21H,1H3,(H,25,29)(H2,27,28,30). The van der Waals surface area contributed by atoms with Crippen LogP contribution >= 0.6 is 11.6 Å². The molecule has 0 radical (unpaired) electrons. The van der Waals surface area contributed by atoms with Gasteiger partial charge in [-0.1, -0.05) is 72.3 Å². The van der Waals surface area contributed by atoms with Gasteiger partial charge >= 0.3 is 6.03 Å². The minimum atomic E-state index is -1.12. The number of fused-ring (bicyclic) bond motifs is 1. The molecule has 0 bridgehead atoms. The Labute approximate surface area is 179 Å². The minimum absolute atomic E-state index is 0.413. The second-order valence-corrected chi connectivity index (χ2v) is 7.22. The molecule has 1 heterocycles. The molecule has 1 aliphatic rings. The molecule has 0 fully saturated rings. The van der Waals surface area contributed by atoms with E-state index in [4.69, 9.17) is 11.6 Å². The third-order valence-electron chi connectivity index (χ3n) is 4.72. The summed E-state index contributed by atoms with van der Waals surface area (Å²) in [5.41, 5.74) is 4.17. The first-order valence-corrected chi connectivity index (χ1v) is 9.77. The molecule has 3 aromatic carbocycles. The number of nitrogens with zero attached hydrogens (tertiary/aromatic N) is 1. The maximum atomic E-state index is 12.8. The highest BCUT2D eigenvalue weighted by Gasteiger charge is 2.27. The molecule has 150 valence electrons. The Bertz CT molecular complexity index is 1120. The van der Waals surface area contributed by atoms with Gasteiger partial charge in [0.25, 0.3) is 5.91 Å². The van der Waals surface area contributed by atoms with Gasteiger partial charge in [0, 0.05) is 11.1 Å². The number of benzodiazepines with no additional fused rings is 1. The number of rotatable bonds is 3. The van der Waals surface area contributed by atoms with Crippen LogP contribution in [0.1, 0.15) is 16.7 Å². The quantitative estimate of drug-likeness (QED) is 0.581. The van der Waals surface area contributed by atoms with Crippen LogP contribution in [0.3, 0.4) is 0 Å². The zero-order valence-corrected chi connectivity index (χ0v) is 16.9. The van der Waals surface area contributed by atoms with E-state index in [0.717, 1.165) is 16.7 Å². The lowest BCUT2D eigenvalue weighted by atomic mass is 10.0. The third-order valence-corrected chi connectivity index (χ3v) is 5.04. The van der Waals surface area contributed by atoms with Crippen molar-refractivity contribution in [1.82, 2.24) is 5.32 Å². The van der Waals surface area contributed by atoms with Gasteiger partial charge in [-0.05, 0) is 24.6 Å². The highest BCUT2D eigenvalue weighted by atomic mass is 35.5. The summed E-state index contributed by atoms with van der Waals surface area (Å²) in [4.78, 5) is 30.0. The van der Waals surface area contributed by atoms with E-state index in [-0.39, 0.29) is 0 Å². The number of amides is 3. The fourth-order valence-electron chi connectivity index (χ4n) is 3.24. The van der Waals surface area contributed by atoms with Gasteiger partial charge in [-0.2, -0.15) is 0 Å². The lowest BCUT2D eigenvalue weighted by Gasteiger charge is -2.15. The van der Waals surface area contributed by atoms with Crippen LogP contribution < -0.4 is 16.0 Å². The third kappa shape index (κ3) is 4.04. The molecule has 6 nitrogen and oxygen atoms in total. The maximum absolute atomic E-state index is 12.8. The average molecular weight is 419 g/mol. The van der Waals surface area contributed by atoms with Crippen molar-refractivity contribution in [3.05, 3.63) is 94.5 Å². The molecule has 0 aliphatic carbocycles. The second kappa shape index (κ2) is 8.39. The zero-order chi connectivity index (χ0) is 21.1. The van der Waals surface area contributed by atoms with Crippen LogP contribution in [0.15, 0.2) is 77.8 Å². The summed E-state index contributed by atoms with van der Waals surface area (Å²) in [6, 6.07) is 21.7. The van der Waals surface area contributed by atoms with Crippen molar-refractivity contribution in [3.8, 4) is 0 Å². The molecular weight excluding hydrogens is 400 g/mol. The Morgan fingerprint density at radius 1 is 1.00 bits per heavy atom. The van der Waals surface area contributed by atoms with Crippen LogP contribution in [-0.4, -0.2) is 23.8 Å². The van der Waals surface area contributed by atoms with Crippen molar-refractivity contribution < 1.29 is 9.59 Å². The molecule has 30 heavy (non-hydrogen) atoms. The lowest BCUT2D eigenvalue weighted by Crippen LogP contribution is -2.44. The fourth-order valence-corrected chi connectivity index (χ4v) is 3.51. The van der Waals surface area contributed by atoms with Crippen molar-refractivity contribution in [2.45, 2.75) is 13.1 Å². The predicted molar refractivity (Wildman–Crippen MR) is 119 cm³/mol. The van der Waals surface area contributed by atoms with E-state index in [9.17, 15) is 9.59 Å². The van der Waals surface area contributed by atoms with E-state index in [1.807, 2.05) is 61.5 Å². The van der Waals surface area contributed by atoms with Crippen molar-refractivity contribution in [1.29, 1.82) is 0 Å². The zero-order valence-electron chi connectivity index (χ0n) is 16.1. The molecule has 7 heteroatoms. The number of hydrogen-bond acceptors (Lipinski definition) is 3. The summed E-state index contributed by atoms with van der Waals surface area (Å²) in [5, 5.41) is 8.60. The lowest BCUT2D eigenvalue weighted by molar-refractivity contribution is -0.117. The Hall–Kier alpha value is -3.64. The molecule has 3 aromatic rings. The van der Waals surface area contributed by atoms with Gasteiger partial charge in [0.1, 0.15) is 0 Å². The molecule has 3 amide bonds. The van der Waals surface area contributed by atoms with Gasteiger partial charge < -0.3 is 16.0 Å². The fraction of sp³-hybridized carbons (Fsp3) is 0.0870. The molecule has 1 unspecified atom stereocenters. The first-order chi connectivity index (χ1) is 14.5. The highest BCUT2D eigenvalue weighted by Crippen LogP contribution is 2.26. The van der Waals surface area contributed by atoms with E-state index in [2.05, 4.69) is 20.9 Å². The molecular formula is C23H19ClN4O2. The largest absolute Gasteiger partial charge is 0.322 e. The van der Waals surface area contributed by atoms with Crippen molar-refractivity contribution in [3.63, 3.8) is 0 Å². The number of anilines is 2. The van der Waals surface area contributed by atoms with Crippen LogP contribution in [0.4, 0.5) is 16.2 Å². The summed E-state index contributed by atoms with van der Waals surface area (Å²) in [5.74, 6) is -0.431. The molecule has 0 saturated heterocycles.